The molecule has 2 aromatic rings. The highest BCUT2D eigenvalue weighted by Gasteiger charge is 2.33. The van der Waals surface area contributed by atoms with E-state index in [2.05, 4.69) is 52.6 Å². The van der Waals surface area contributed by atoms with Gasteiger partial charge in [0.25, 0.3) is 0 Å². The summed E-state index contributed by atoms with van der Waals surface area (Å²) >= 11 is 0. The largest absolute Gasteiger partial charge is 0.494 e. The van der Waals surface area contributed by atoms with Gasteiger partial charge in [-0.2, -0.15) is 0 Å². The third-order valence-corrected chi connectivity index (χ3v) is 6.30. The van der Waals surface area contributed by atoms with E-state index >= 15 is 0 Å². The molecule has 0 spiro atoms. The van der Waals surface area contributed by atoms with Gasteiger partial charge in [0.1, 0.15) is 5.69 Å². The first-order valence-corrected chi connectivity index (χ1v) is 10.8. The van der Waals surface area contributed by atoms with Crippen LogP contribution in [0.15, 0.2) is 29.4 Å². The third-order valence-electron chi connectivity index (χ3n) is 6.30. The fourth-order valence-corrected chi connectivity index (χ4v) is 4.55. The lowest BCUT2D eigenvalue weighted by molar-refractivity contribution is -0.148. The van der Waals surface area contributed by atoms with E-state index in [4.69, 9.17) is 9.73 Å². The van der Waals surface area contributed by atoms with E-state index in [0.717, 1.165) is 61.3 Å². The van der Waals surface area contributed by atoms with Crippen LogP contribution in [0.4, 0.5) is 5.69 Å². The third kappa shape index (κ3) is 5.31. The van der Waals surface area contributed by atoms with Crippen molar-refractivity contribution in [1.82, 2.24) is 14.4 Å². The number of piperazine rings is 1. The quantitative estimate of drug-likeness (QED) is 0.688. The van der Waals surface area contributed by atoms with Crippen LogP contribution in [0.1, 0.15) is 36.2 Å². The number of aryl methyl sites for hydroxylation is 2. The zero-order chi connectivity index (χ0) is 22.3. The molecule has 0 atom stereocenters. The molecule has 33 heavy (non-hydrogen) atoms. The van der Waals surface area contributed by atoms with Crippen LogP contribution in [0.3, 0.4) is 0 Å². The molecule has 3 heterocycles. The summed E-state index contributed by atoms with van der Waals surface area (Å²) in [4.78, 5) is 21.2. The van der Waals surface area contributed by atoms with Gasteiger partial charge < -0.3 is 19.3 Å². The monoisotopic (exact) mass is 496 g/mol. The number of halogens is 2. The van der Waals surface area contributed by atoms with Crippen LogP contribution in [0.5, 0.6) is 5.75 Å². The Labute approximate surface area is 208 Å². The second kappa shape index (κ2) is 10.4. The molecule has 0 radical (unpaired) electrons. The Morgan fingerprint density at radius 3 is 2.42 bits per heavy atom. The van der Waals surface area contributed by atoms with Gasteiger partial charge >= 0.3 is 5.97 Å². The second-order valence-electron chi connectivity index (χ2n) is 9.34. The molecule has 4 rings (SSSR count). The summed E-state index contributed by atoms with van der Waals surface area (Å²) in [6.07, 6.45) is 2.15. The van der Waals surface area contributed by atoms with Crippen LogP contribution in [-0.4, -0.2) is 71.1 Å². The molecule has 1 N–H and O–H groups in total. The lowest BCUT2D eigenvalue weighted by Gasteiger charge is -2.39. The zero-order valence-corrected chi connectivity index (χ0v) is 21.6. The number of aliphatic carboxylic acids is 1. The first-order valence-electron chi connectivity index (χ1n) is 10.8. The van der Waals surface area contributed by atoms with Crippen molar-refractivity contribution in [3.05, 3.63) is 46.8 Å². The summed E-state index contributed by atoms with van der Waals surface area (Å²) in [5, 5.41) is 9.47. The van der Waals surface area contributed by atoms with E-state index in [1.165, 1.54) is 11.1 Å². The Bertz CT molecular complexity index is 1040. The van der Waals surface area contributed by atoms with Gasteiger partial charge in [-0.25, -0.2) is 4.99 Å². The predicted octanol–water partition coefficient (Wildman–Crippen LogP) is 4.13. The maximum atomic E-state index is 11.5. The van der Waals surface area contributed by atoms with E-state index in [1.807, 2.05) is 0 Å². The number of fused-ring (bicyclic) bond motifs is 2. The first kappa shape index (κ1) is 27.0. The molecule has 1 fully saturated rings. The SMILES string of the molecule is COc1c(C)cn2c1C(N1CCN(CC(C)(C)C(=O)O)CC1)=Nc1ccc(C)cc1C2.Cl.Cl. The highest BCUT2D eigenvalue weighted by atomic mass is 35.5. The molecule has 7 nitrogen and oxygen atoms in total. The van der Waals surface area contributed by atoms with Gasteiger partial charge in [-0.05, 0) is 39.3 Å². The number of amidine groups is 1. The van der Waals surface area contributed by atoms with E-state index in [0.29, 0.717) is 6.54 Å². The van der Waals surface area contributed by atoms with Crippen molar-refractivity contribution in [3.63, 3.8) is 0 Å². The molecule has 0 aliphatic carbocycles. The average Bonchev–Trinajstić information content (AvgIpc) is 2.93. The van der Waals surface area contributed by atoms with Crippen LogP contribution in [0.25, 0.3) is 0 Å². The van der Waals surface area contributed by atoms with Crippen molar-refractivity contribution in [2.24, 2.45) is 10.4 Å². The van der Waals surface area contributed by atoms with Gasteiger partial charge in [-0.3, -0.25) is 9.69 Å². The first-order chi connectivity index (χ1) is 14.7. The van der Waals surface area contributed by atoms with Crippen LogP contribution < -0.4 is 4.74 Å². The summed E-state index contributed by atoms with van der Waals surface area (Å²) in [5.41, 5.74) is 4.79. The topological polar surface area (TPSA) is 70.3 Å². The lowest BCUT2D eigenvalue weighted by Crippen LogP contribution is -2.52. The number of aliphatic imine (C=N–C) groups is 1. The number of carboxylic acid groups (broad SMARTS) is 1. The molecule has 2 aliphatic rings. The molecule has 1 saturated heterocycles. The summed E-state index contributed by atoms with van der Waals surface area (Å²) in [5.74, 6) is 1.05. The fourth-order valence-electron chi connectivity index (χ4n) is 4.55. The van der Waals surface area contributed by atoms with Gasteiger partial charge in [-0.15, -0.1) is 24.8 Å². The second-order valence-corrected chi connectivity index (χ2v) is 9.34. The molecular weight excluding hydrogens is 463 g/mol. The maximum absolute atomic E-state index is 11.5. The van der Waals surface area contributed by atoms with Gasteiger partial charge in [0.05, 0.1) is 18.2 Å². The standard InChI is InChI=1S/C24H32N4O3.2ClH/c1-16-6-7-19-18(12-16)14-28-13-17(2)21(31-5)20(28)22(25-19)27-10-8-26(9-11-27)15-24(3,4)23(29)30;;/h6-7,12-13H,8-11,14-15H2,1-5H3,(H,29,30);2*1H. The minimum Gasteiger partial charge on any atom is -0.494 e. The minimum absolute atomic E-state index is 0. The van der Waals surface area contributed by atoms with Gasteiger partial charge in [0.15, 0.2) is 11.6 Å². The van der Waals surface area contributed by atoms with Gasteiger partial charge in [-0.1, -0.05) is 17.7 Å². The smallest absolute Gasteiger partial charge is 0.310 e. The number of carbonyl (C=O) groups is 1. The predicted molar refractivity (Wildman–Crippen MR) is 136 cm³/mol. The molecule has 182 valence electrons. The van der Waals surface area contributed by atoms with Crippen molar-refractivity contribution in [2.45, 2.75) is 34.2 Å². The molecular formula is C24H34Cl2N4O3. The summed E-state index contributed by atoms with van der Waals surface area (Å²) < 4.78 is 8.04. The van der Waals surface area contributed by atoms with Crippen LogP contribution in [-0.2, 0) is 11.3 Å². The molecule has 9 heteroatoms. The van der Waals surface area contributed by atoms with Crippen LogP contribution in [0, 0.1) is 19.3 Å². The molecule has 1 aromatic heterocycles. The number of hydrogen-bond acceptors (Lipinski definition) is 5. The van der Waals surface area contributed by atoms with Gasteiger partial charge in [0, 0.05) is 51.0 Å². The minimum atomic E-state index is -0.756. The number of hydrogen-bond donors (Lipinski definition) is 1. The van der Waals surface area contributed by atoms with Crippen molar-refractivity contribution in [3.8, 4) is 5.75 Å². The van der Waals surface area contributed by atoms with Crippen LogP contribution in [0.2, 0.25) is 0 Å². The Balaban J connectivity index is 0.00000193. The zero-order valence-electron chi connectivity index (χ0n) is 19.9. The van der Waals surface area contributed by atoms with Crippen LogP contribution >= 0.6 is 24.8 Å². The van der Waals surface area contributed by atoms with E-state index in [9.17, 15) is 9.90 Å². The normalized spacial score (nSPS) is 15.9. The molecule has 0 saturated carbocycles. The Morgan fingerprint density at radius 1 is 1.15 bits per heavy atom. The molecule has 0 amide bonds. The maximum Gasteiger partial charge on any atom is 0.310 e. The average molecular weight is 497 g/mol. The molecule has 0 unspecified atom stereocenters. The van der Waals surface area contributed by atoms with Crippen molar-refractivity contribution >= 4 is 42.3 Å². The number of methoxy groups -OCH3 is 1. The van der Waals surface area contributed by atoms with Crippen molar-refractivity contribution < 1.29 is 14.6 Å². The number of carboxylic acids is 1. The van der Waals surface area contributed by atoms with Gasteiger partial charge in [0.2, 0.25) is 0 Å². The number of rotatable bonds is 4. The molecule has 1 aromatic carbocycles. The highest BCUT2D eigenvalue weighted by Crippen LogP contribution is 2.34. The summed E-state index contributed by atoms with van der Waals surface area (Å²) in [7, 11) is 1.72. The Hall–Kier alpha value is -2.22. The highest BCUT2D eigenvalue weighted by molar-refractivity contribution is 6.02. The number of nitrogens with zero attached hydrogens (tertiary/aromatic N) is 4. The molecule has 2 aliphatic heterocycles. The Morgan fingerprint density at radius 2 is 1.82 bits per heavy atom. The van der Waals surface area contributed by atoms with Crippen molar-refractivity contribution in [1.29, 1.82) is 0 Å². The van der Waals surface area contributed by atoms with E-state index in [1.54, 1.807) is 21.0 Å². The fraction of sp³-hybridized carbons (Fsp3) is 0.500. The van der Waals surface area contributed by atoms with Crippen molar-refractivity contribution in [2.75, 3.05) is 39.8 Å². The number of aromatic nitrogens is 1. The van der Waals surface area contributed by atoms with E-state index in [-0.39, 0.29) is 24.8 Å². The Kier molecular flexibility index (Phi) is 8.49. The number of ether oxygens (including phenoxy) is 1. The number of benzene rings is 1. The molecule has 0 bridgehead atoms. The van der Waals surface area contributed by atoms with E-state index < -0.39 is 11.4 Å². The summed E-state index contributed by atoms with van der Waals surface area (Å²) in [6, 6.07) is 6.41. The lowest BCUT2D eigenvalue weighted by atomic mass is 9.93. The summed E-state index contributed by atoms with van der Waals surface area (Å²) in [6.45, 7) is 12.3.